The maximum absolute atomic E-state index is 12.1. The number of anilines is 1. The van der Waals surface area contributed by atoms with E-state index in [1.807, 2.05) is 26.2 Å². The monoisotopic (exact) mass is 364 g/mol. The van der Waals surface area contributed by atoms with E-state index < -0.39 is 0 Å². The molecule has 1 aromatic heterocycles. The van der Waals surface area contributed by atoms with Crippen LogP contribution in [0.15, 0.2) is 22.6 Å². The first-order valence-corrected chi connectivity index (χ1v) is 9.11. The lowest BCUT2D eigenvalue weighted by Gasteiger charge is -2.31. The molecule has 2 heterocycles. The van der Waals surface area contributed by atoms with Crippen LogP contribution in [0.3, 0.4) is 0 Å². The van der Waals surface area contributed by atoms with E-state index in [0.717, 1.165) is 38.0 Å². The molecule has 0 aliphatic carbocycles. The van der Waals surface area contributed by atoms with Gasteiger partial charge in [0.1, 0.15) is 5.52 Å². The number of nitrogens with one attached hydrogen (secondary N) is 1. The molecule has 1 aromatic carbocycles. The van der Waals surface area contributed by atoms with Crippen LogP contribution in [0, 0.1) is 5.92 Å². The molecule has 0 spiro atoms. The van der Waals surface area contributed by atoms with Gasteiger partial charge < -0.3 is 19.5 Å². The molecule has 1 aliphatic heterocycles. The molecular formula is C18H25ClN4O2. The van der Waals surface area contributed by atoms with Gasteiger partial charge in [0.15, 0.2) is 5.58 Å². The zero-order valence-electron chi connectivity index (χ0n) is 14.8. The smallest absolute Gasteiger partial charge is 0.298 e. The van der Waals surface area contributed by atoms with E-state index >= 15 is 0 Å². The third kappa shape index (κ3) is 4.86. The zero-order valence-corrected chi connectivity index (χ0v) is 15.6. The maximum atomic E-state index is 12.1. The fourth-order valence-electron chi connectivity index (χ4n) is 3.18. The molecule has 1 aliphatic rings. The summed E-state index contributed by atoms with van der Waals surface area (Å²) in [5.41, 5.74) is 1.51. The van der Waals surface area contributed by atoms with E-state index in [1.165, 1.54) is 0 Å². The molecule has 1 amide bonds. The van der Waals surface area contributed by atoms with Crippen LogP contribution in [0.5, 0.6) is 0 Å². The predicted octanol–water partition coefficient (Wildman–Crippen LogP) is 2.77. The van der Waals surface area contributed by atoms with Crippen molar-refractivity contribution < 1.29 is 9.21 Å². The van der Waals surface area contributed by atoms with E-state index in [0.29, 0.717) is 35.5 Å². The Hall–Kier alpha value is -1.79. The molecule has 0 bridgehead atoms. The fraction of sp³-hybridized carbons (Fsp3) is 0.556. The quantitative estimate of drug-likeness (QED) is 0.854. The molecule has 1 atom stereocenters. The number of rotatable bonds is 6. The van der Waals surface area contributed by atoms with Gasteiger partial charge in [0.2, 0.25) is 5.91 Å². The van der Waals surface area contributed by atoms with Crippen molar-refractivity contribution in [1.29, 1.82) is 0 Å². The van der Waals surface area contributed by atoms with Gasteiger partial charge in [-0.25, -0.2) is 0 Å². The van der Waals surface area contributed by atoms with Crippen LogP contribution in [0.4, 0.5) is 6.01 Å². The Morgan fingerprint density at radius 2 is 2.32 bits per heavy atom. The number of amides is 1. The highest BCUT2D eigenvalue weighted by Crippen LogP contribution is 2.28. The molecule has 25 heavy (non-hydrogen) atoms. The van der Waals surface area contributed by atoms with Crippen molar-refractivity contribution in [3.8, 4) is 0 Å². The maximum Gasteiger partial charge on any atom is 0.298 e. The van der Waals surface area contributed by atoms with Crippen LogP contribution in [0.1, 0.15) is 19.3 Å². The Morgan fingerprint density at radius 1 is 1.48 bits per heavy atom. The molecule has 3 rings (SSSR count). The van der Waals surface area contributed by atoms with Gasteiger partial charge >= 0.3 is 0 Å². The van der Waals surface area contributed by atoms with Crippen molar-refractivity contribution in [1.82, 2.24) is 15.2 Å². The lowest BCUT2D eigenvalue weighted by molar-refractivity contribution is -0.122. The predicted molar refractivity (Wildman–Crippen MR) is 100 cm³/mol. The summed E-state index contributed by atoms with van der Waals surface area (Å²) >= 11 is 6.01. The minimum atomic E-state index is 0.123. The number of halogens is 1. The summed E-state index contributed by atoms with van der Waals surface area (Å²) in [4.78, 5) is 20.9. The van der Waals surface area contributed by atoms with Crippen molar-refractivity contribution in [2.45, 2.75) is 19.3 Å². The number of aromatic nitrogens is 1. The number of benzene rings is 1. The summed E-state index contributed by atoms with van der Waals surface area (Å²) < 4.78 is 5.86. The van der Waals surface area contributed by atoms with Crippen molar-refractivity contribution in [3.63, 3.8) is 0 Å². The third-order valence-electron chi connectivity index (χ3n) is 4.48. The molecule has 1 fully saturated rings. The van der Waals surface area contributed by atoms with Crippen LogP contribution in [-0.2, 0) is 4.79 Å². The summed E-state index contributed by atoms with van der Waals surface area (Å²) in [6.45, 7) is 3.24. The average Bonchev–Trinajstić information content (AvgIpc) is 2.98. The molecule has 1 N–H and O–H groups in total. The Balaban J connectivity index is 1.57. The van der Waals surface area contributed by atoms with Gasteiger partial charge in [-0.1, -0.05) is 11.6 Å². The van der Waals surface area contributed by atoms with Crippen LogP contribution in [-0.4, -0.2) is 56.1 Å². The third-order valence-corrected chi connectivity index (χ3v) is 4.72. The molecule has 136 valence electrons. The number of carbonyl (C=O) groups excluding carboxylic acids is 1. The van der Waals surface area contributed by atoms with Crippen LogP contribution in [0.25, 0.3) is 11.1 Å². The van der Waals surface area contributed by atoms with E-state index in [1.54, 1.807) is 6.07 Å². The number of piperidine rings is 1. The van der Waals surface area contributed by atoms with E-state index in [9.17, 15) is 4.79 Å². The summed E-state index contributed by atoms with van der Waals surface area (Å²) in [6, 6.07) is 6.08. The highest BCUT2D eigenvalue weighted by atomic mass is 35.5. The average molecular weight is 365 g/mol. The van der Waals surface area contributed by atoms with E-state index in [4.69, 9.17) is 16.0 Å². The zero-order chi connectivity index (χ0) is 17.8. The summed E-state index contributed by atoms with van der Waals surface area (Å²) in [7, 11) is 4.00. The number of fused-ring (bicyclic) bond motifs is 1. The summed E-state index contributed by atoms with van der Waals surface area (Å²) in [5.74, 6) is 0.449. The number of oxazole rings is 1. The Kier molecular flexibility index (Phi) is 5.81. The molecule has 2 aromatic rings. The normalized spacial score (nSPS) is 18.1. The first-order chi connectivity index (χ1) is 12.0. The minimum Gasteiger partial charge on any atom is -0.423 e. The minimum absolute atomic E-state index is 0.123. The second-order valence-electron chi connectivity index (χ2n) is 6.92. The van der Waals surface area contributed by atoms with Gasteiger partial charge in [-0.3, -0.25) is 4.79 Å². The molecular weight excluding hydrogens is 340 g/mol. The first-order valence-electron chi connectivity index (χ1n) is 8.74. The molecule has 1 unspecified atom stereocenters. The SMILES string of the molecule is CN(C)CCNC(=O)CC1CCCN(c2nc3ccc(Cl)cc3o2)C1. The Bertz CT molecular complexity index is 731. The molecule has 1 saturated heterocycles. The topological polar surface area (TPSA) is 61.6 Å². The van der Waals surface area contributed by atoms with Crippen LogP contribution in [0.2, 0.25) is 5.02 Å². The number of hydrogen-bond donors (Lipinski definition) is 1. The Labute approximate surface area is 153 Å². The van der Waals surface area contributed by atoms with Gasteiger partial charge in [-0.15, -0.1) is 0 Å². The van der Waals surface area contributed by atoms with Crippen molar-refractivity contribution in [2.75, 3.05) is 45.2 Å². The van der Waals surface area contributed by atoms with Gasteiger partial charge in [-0.2, -0.15) is 4.98 Å². The lowest BCUT2D eigenvalue weighted by Crippen LogP contribution is -2.39. The first kappa shape index (κ1) is 18.0. The van der Waals surface area contributed by atoms with Crippen molar-refractivity contribution in [3.05, 3.63) is 23.2 Å². The lowest BCUT2D eigenvalue weighted by atomic mass is 9.95. The molecule has 7 heteroatoms. The van der Waals surface area contributed by atoms with E-state index in [-0.39, 0.29) is 5.91 Å². The van der Waals surface area contributed by atoms with Gasteiger partial charge in [-0.05, 0) is 45.0 Å². The van der Waals surface area contributed by atoms with Crippen LogP contribution >= 0.6 is 11.6 Å². The molecule has 0 saturated carbocycles. The largest absolute Gasteiger partial charge is 0.423 e. The number of carbonyl (C=O) groups is 1. The highest BCUT2D eigenvalue weighted by molar-refractivity contribution is 6.31. The fourth-order valence-corrected chi connectivity index (χ4v) is 3.34. The second kappa shape index (κ2) is 8.06. The van der Waals surface area contributed by atoms with Crippen molar-refractivity contribution >= 4 is 34.6 Å². The summed E-state index contributed by atoms with van der Waals surface area (Å²) in [5, 5.41) is 3.63. The van der Waals surface area contributed by atoms with Gasteiger partial charge in [0, 0.05) is 43.7 Å². The van der Waals surface area contributed by atoms with Crippen LogP contribution < -0.4 is 10.2 Å². The standard InChI is InChI=1S/C18H25ClN4O2/c1-22(2)9-7-20-17(24)10-13-4-3-8-23(12-13)18-21-15-6-5-14(19)11-16(15)25-18/h5-6,11,13H,3-4,7-10,12H2,1-2H3,(H,20,24). The summed E-state index contributed by atoms with van der Waals surface area (Å²) in [6.07, 6.45) is 2.65. The number of nitrogens with zero attached hydrogens (tertiary/aromatic N) is 3. The number of hydrogen-bond acceptors (Lipinski definition) is 5. The van der Waals surface area contributed by atoms with Crippen molar-refractivity contribution in [2.24, 2.45) is 5.92 Å². The second-order valence-corrected chi connectivity index (χ2v) is 7.36. The molecule has 0 radical (unpaired) electrons. The molecule has 6 nitrogen and oxygen atoms in total. The van der Waals surface area contributed by atoms with Gasteiger partial charge in [0.25, 0.3) is 6.01 Å². The van der Waals surface area contributed by atoms with E-state index in [2.05, 4.69) is 20.1 Å². The Morgan fingerprint density at radius 3 is 3.12 bits per heavy atom. The van der Waals surface area contributed by atoms with Gasteiger partial charge in [0.05, 0.1) is 0 Å². The number of likely N-dealkylation sites (N-methyl/N-ethyl adjacent to an activating group) is 1. The highest BCUT2D eigenvalue weighted by Gasteiger charge is 2.25.